The maximum absolute atomic E-state index is 6.51. The smallest absolute Gasteiger partial charge is 0.373 e. The van der Waals surface area contributed by atoms with Gasteiger partial charge in [0.05, 0.1) is 0 Å². The predicted octanol–water partition coefficient (Wildman–Crippen LogP) is 3.83. The van der Waals surface area contributed by atoms with Crippen molar-refractivity contribution < 1.29 is 13.3 Å². The van der Waals surface area contributed by atoms with Crippen LogP contribution in [0.2, 0.25) is 6.04 Å². The number of hydrogen-bond acceptors (Lipinski definition) is 5. The van der Waals surface area contributed by atoms with Crippen molar-refractivity contribution in [2.75, 3.05) is 26.3 Å². The van der Waals surface area contributed by atoms with Gasteiger partial charge in [-0.25, -0.2) is 0 Å². The Bertz CT molecular complexity index is 249. The molecule has 0 radical (unpaired) electrons. The molecule has 0 saturated carbocycles. The average Bonchev–Trinajstić information content (AvgIpc) is 2.61. The van der Waals surface area contributed by atoms with E-state index in [-0.39, 0.29) is 6.10 Å². The first-order valence-electron chi connectivity index (χ1n) is 10.0. The van der Waals surface area contributed by atoms with Gasteiger partial charge in [-0.05, 0) is 51.6 Å². The van der Waals surface area contributed by atoms with Crippen LogP contribution in [-0.4, -0.2) is 41.2 Å². The van der Waals surface area contributed by atoms with E-state index in [2.05, 4.69) is 20.8 Å². The molecule has 0 aromatic heterocycles. The molecule has 0 aliphatic carbocycles. The third-order valence-corrected chi connectivity index (χ3v) is 6.97. The van der Waals surface area contributed by atoms with Crippen molar-refractivity contribution in [1.82, 2.24) is 0 Å². The summed E-state index contributed by atoms with van der Waals surface area (Å²) >= 11 is 0. The molecule has 0 aromatic rings. The summed E-state index contributed by atoms with van der Waals surface area (Å²) in [7, 11) is -2.62. The summed E-state index contributed by atoms with van der Waals surface area (Å²) in [6.45, 7) is 9.28. The van der Waals surface area contributed by atoms with Crippen molar-refractivity contribution in [3.63, 3.8) is 0 Å². The van der Waals surface area contributed by atoms with Crippen LogP contribution >= 0.6 is 0 Å². The van der Waals surface area contributed by atoms with E-state index in [4.69, 9.17) is 24.7 Å². The molecule has 0 rings (SSSR count). The van der Waals surface area contributed by atoms with Gasteiger partial charge in [-0.15, -0.1) is 0 Å². The van der Waals surface area contributed by atoms with Crippen LogP contribution in [0.5, 0.6) is 0 Å². The molecule has 0 aromatic carbocycles. The molecule has 6 heteroatoms. The first kappa shape index (κ1) is 24.0. The Labute approximate surface area is 151 Å². The summed E-state index contributed by atoms with van der Waals surface area (Å²) in [5, 5.41) is 0. The van der Waals surface area contributed by atoms with Gasteiger partial charge in [-0.2, -0.15) is 0 Å². The van der Waals surface area contributed by atoms with E-state index in [9.17, 15) is 0 Å². The third kappa shape index (κ3) is 11.6. The lowest BCUT2D eigenvalue weighted by Gasteiger charge is -2.33. The van der Waals surface area contributed by atoms with Gasteiger partial charge >= 0.3 is 8.80 Å². The molecule has 1 atom stereocenters. The van der Waals surface area contributed by atoms with E-state index < -0.39 is 8.80 Å². The molecule has 146 valence electrons. The predicted molar refractivity (Wildman–Crippen MR) is 104 cm³/mol. The molecular weight excluding hydrogens is 320 g/mol. The van der Waals surface area contributed by atoms with Crippen LogP contribution in [0.1, 0.15) is 78.6 Å². The molecule has 1 unspecified atom stereocenters. The van der Waals surface area contributed by atoms with Gasteiger partial charge in [-0.3, -0.25) is 0 Å². The minimum atomic E-state index is -2.62. The molecule has 24 heavy (non-hydrogen) atoms. The molecule has 0 amide bonds. The summed E-state index contributed by atoms with van der Waals surface area (Å²) in [4.78, 5) is 0. The van der Waals surface area contributed by atoms with Crippen LogP contribution < -0.4 is 11.5 Å². The van der Waals surface area contributed by atoms with Gasteiger partial charge < -0.3 is 24.7 Å². The minimum absolute atomic E-state index is 0.223. The number of nitrogens with two attached hydrogens (primary N) is 2. The van der Waals surface area contributed by atoms with Crippen molar-refractivity contribution in [3.8, 4) is 0 Å². The van der Waals surface area contributed by atoms with Crippen molar-refractivity contribution in [2.45, 2.75) is 90.7 Å². The second kappa shape index (κ2) is 16.5. The molecule has 5 nitrogen and oxygen atoms in total. The normalized spacial score (nSPS) is 13.4. The summed E-state index contributed by atoms with van der Waals surface area (Å²) in [6, 6.07) is 0.827. The zero-order valence-electron chi connectivity index (χ0n) is 16.4. The molecule has 0 heterocycles. The molecule has 4 N–H and O–H groups in total. The van der Waals surface area contributed by atoms with Gasteiger partial charge in [0.15, 0.2) is 0 Å². The van der Waals surface area contributed by atoms with Crippen LogP contribution in [0.3, 0.4) is 0 Å². The zero-order valence-corrected chi connectivity index (χ0v) is 17.4. The molecule has 0 aliphatic rings. The van der Waals surface area contributed by atoms with Crippen molar-refractivity contribution in [2.24, 2.45) is 11.5 Å². The van der Waals surface area contributed by atoms with Crippen molar-refractivity contribution >= 4 is 8.80 Å². The highest BCUT2D eigenvalue weighted by atomic mass is 28.4. The molecule has 0 fully saturated rings. The van der Waals surface area contributed by atoms with Gasteiger partial charge in [0.2, 0.25) is 0 Å². The Balaban J connectivity index is 4.67. The van der Waals surface area contributed by atoms with Crippen LogP contribution in [0.4, 0.5) is 0 Å². The van der Waals surface area contributed by atoms with E-state index >= 15 is 0 Å². The van der Waals surface area contributed by atoms with E-state index in [0.29, 0.717) is 19.8 Å². The summed E-state index contributed by atoms with van der Waals surface area (Å²) in [6.07, 6.45) is 9.88. The van der Waals surface area contributed by atoms with Gasteiger partial charge in [0.25, 0.3) is 0 Å². The zero-order chi connectivity index (χ0) is 18.1. The Kier molecular flexibility index (Phi) is 16.5. The summed E-state index contributed by atoms with van der Waals surface area (Å²) in [5.41, 5.74) is 11.3. The monoisotopic (exact) mass is 362 g/mol. The average molecular weight is 363 g/mol. The molecule has 0 spiro atoms. The highest BCUT2D eigenvalue weighted by Gasteiger charge is 2.42. The fraction of sp³-hybridized carbons (Fsp3) is 1.00. The van der Waals surface area contributed by atoms with Crippen LogP contribution in [0.25, 0.3) is 0 Å². The standard InChI is InChI=1S/C18H42N2O3Si/c1-4-15-21-24(17-11-14-20,22-16-5-2)23-18(6-3)12-9-7-8-10-13-19/h18H,4-17,19-20H2,1-3H3. The molecule has 0 saturated heterocycles. The topological polar surface area (TPSA) is 79.7 Å². The fourth-order valence-electron chi connectivity index (χ4n) is 2.62. The largest absolute Gasteiger partial charge is 0.501 e. The van der Waals surface area contributed by atoms with Gasteiger partial charge in [-0.1, -0.05) is 40.0 Å². The lowest BCUT2D eigenvalue weighted by molar-refractivity contribution is 0.0211. The Morgan fingerprint density at radius 2 is 1.38 bits per heavy atom. The molecule has 0 bridgehead atoms. The number of unbranched alkanes of at least 4 members (excludes halogenated alkanes) is 3. The lowest BCUT2D eigenvalue weighted by atomic mass is 10.1. The minimum Gasteiger partial charge on any atom is -0.373 e. The quantitative estimate of drug-likeness (QED) is 0.286. The first-order chi connectivity index (χ1) is 11.7. The maximum Gasteiger partial charge on any atom is 0.501 e. The van der Waals surface area contributed by atoms with Gasteiger partial charge in [0, 0.05) is 25.4 Å². The number of rotatable bonds is 18. The Hall–Kier alpha value is 0.0169. The van der Waals surface area contributed by atoms with Gasteiger partial charge in [0.1, 0.15) is 0 Å². The Morgan fingerprint density at radius 3 is 1.88 bits per heavy atom. The SMILES string of the molecule is CCCO[Si](CCCN)(OCCC)OC(CC)CCCCCCN. The maximum atomic E-state index is 6.51. The molecular formula is C18H42N2O3Si. The number of hydrogen-bond donors (Lipinski definition) is 2. The second-order valence-corrected chi connectivity index (χ2v) is 9.09. The summed E-state index contributed by atoms with van der Waals surface area (Å²) in [5.74, 6) is 0. The second-order valence-electron chi connectivity index (χ2n) is 6.41. The highest BCUT2D eigenvalue weighted by molar-refractivity contribution is 6.60. The molecule has 0 aliphatic heterocycles. The van der Waals surface area contributed by atoms with Crippen molar-refractivity contribution in [3.05, 3.63) is 0 Å². The van der Waals surface area contributed by atoms with E-state index in [1.54, 1.807) is 0 Å². The Morgan fingerprint density at radius 1 is 0.792 bits per heavy atom. The van der Waals surface area contributed by atoms with Crippen LogP contribution in [0.15, 0.2) is 0 Å². The lowest BCUT2D eigenvalue weighted by Crippen LogP contribution is -2.49. The van der Waals surface area contributed by atoms with E-state index in [0.717, 1.165) is 51.1 Å². The van der Waals surface area contributed by atoms with Crippen molar-refractivity contribution in [1.29, 1.82) is 0 Å². The van der Waals surface area contributed by atoms with E-state index in [1.807, 2.05) is 0 Å². The third-order valence-electron chi connectivity index (χ3n) is 4.02. The fourth-order valence-corrected chi connectivity index (χ4v) is 5.70. The highest BCUT2D eigenvalue weighted by Crippen LogP contribution is 2.24. The van der Waals surface area contributed by atoms with Crippen LogP contribution in [0, 0.1) is 0 Å². The summed E-state index contributed by atoms with van der Waals surface area (Å²) < 4.78 is 18.9. The van der Waals surface area contributed by atoms with E-state index in [1.165, 1.54) is 19.3 Å². The first-order valence-corrected chi connectivity index (χ1v) is 12.0. The van der Waals surface area contributed by atoms with Crippen LogP contribution in [-0.2, 0) is 13.3 Å².